The smallest absolute Gasteiger partial charge is 0.217 e. The molecule has 0 saturated heterocycles. The van der Waals surface area contributed by atoms with Crippen LogP contribution in [0.1, 0.15) is 125 Å². The Labute approximate surface area is 497 Å². The van der Waals surface area contributed by atoms with Gasteiger partial charge < -0.3 is 9.80 Å². The van der Waals surface area contributed by atoms with E-state index in [0.717, 1.165) is 13.1 Å². The summed E-state index contributed by atoms with van der Waals surface area (Å²) in [5, 5.41) is 5.20. The Morgan fingerprint density at radius 1 is 0.417 bits per heavy atom. The molecule has 2 spiro atoms. The number of allylic oxidation sites excluding steroid dienone is 8. The highest BCUT2D eigenvalue weighted by Gasteiger charge is 2.50. The molecule has 0 amide bonds. The second-order valence-electron chi connectivity index (χ2n) is 24.4. The van der Waals surface area contributed by atoms with Gasteiger partial charge in [-0.3, -0.25) is 0 Å². The van der Waals surface area contributed by atoms with Crippen molar-refractivity contribution in [1.29, 1.82) is 0 Å². The molecule has 4 aliphatic heterocycles. The van der Waals surface area contributed by atoms with Crippen LogP contribution >= 0.6 is 0 Å². The molecule has 0 aromatic heterocycles. The van der Waals surface area contributed by atoms with E-state index in [0.29, 0.717) is 0 Å². The van der Waals surface area contributed by atoms with Crippen LogP contribution in [0.25, 0.3) is 21.5 Å². The van der Waals surface area contributed by atoms with Gasteiger partial charge in [0.05, 0.1) is 21.6 Å². The summed E-state index contributed by atoms with van der Waals surface area (Å²) in [4.78, 5) is 4.96. The summed E-state index contributed by atoms with van der Waals surface area (Å²) in [7, 11) is -5.32. The van der Waals surface area contributed by atoms with Crippen LogP contribution in [0.4, 0.5) is 22.7 Å². The highest BCUT2D eigenvalue weighted by Crippen LogP contribution is 2.56. The summed E-state index contributed by atoms with van der Waals surface area (Å²) in [6, 6.07) is 55.3. The molecule has 14 heteroatoms. The van der Waals surface area contributed by atoms with E-state index >= 15 is 0 Å². The van der Waals surface area contributed by atoms with Gasteiger partial charge in [0, 0.05) is 82.1 Å². The highest BCUT2D eigenvalue weighted by atomic mass is 35.7. The number of rotatable bonds is 8. The van der Waals surface area contributed by atoms with Gasteiger partial charge in [-0.15, -0.1) is 20.5 Å². The third-order valence-corrected chi connectivity index (χ3v) is 19.0. The van der Waals surface area contributed by atoms with Gasteiger partial charge in [-0.2, -0.15) is 9.15 Å². The van der Waals surface area contributed by atoms with Gasteiger partial charge in [0.1, 0.15) is 0 Å². The van der Waals surface area contributed by atoms with Crippen LogP contribution in [0.15, 0.2) is 193 Å². The number of halogens is 2. The Hall–Kier alpha value is -6.78. The van der Waals surface area contributed by atoms with Crippen LogP contribution < -0.4 is 47.1 Å². The van der Waals surface area contributed by atoms with Gasteiger partial charge >= 0.3 is 0 Å². The molecule has 434 valence electrons. The summed E-state index contributed by atoms with van der Waals surface area (Å²) in [6.07, 6.45) is 27.2. The zero-order chi connectivity index (χ0) is 59.4. The van der Waals surface area contributed by atoms with Gasteiger partial charge in [-0.1, -0.05) is 172 Å². The normalized spacial score (nSPS) is 20.1. The van der Waals surface area contributed by atoms with Crippen molar-refractivity contribution < 1.29 is 66.9 Å². The monoisotopic (exact) mass is 1170 g/mol. The predicted molar refractivity (Wildman–Crippen MR) is 311 cm³/mol. The molecule has 0 unspecified atom stereocenters. The zero-order valence-electron chi connectivity index (χ0n) is 48.6. The molecule has 2 fully saturated rings. The van der Waals surface area contributed by atoms with E-state index < -0.39 is 20.5 Å². The molecule has 6 aliphatic rings. The van der Waals surface area contributed by atoms with Crippen molar-refractivity contribution in [3.05, 3.63) is 227 Å². The maximum absolute atomic E-state index is 8.49. The van der Waals surface area contributed by atoms with Crippen molar-refractivity contribution >= 4 is 55.7 Å². The van der Waals surface area contributed by atoms with E-state index in [-0.39, 0.29) is 21.7 Å². The highest BCUT2D eigenvalue weighted by molar-refractivity contribution is 6.08. The van der Waals surface area contributed by atoms with Crippen molar-refractivity contribution in [2.75, 3.05) is 23.9 Å². The molecule has 13 rings (SSSR count). The molecule has 2 saturated carbocycles. The van der Waals surface area contributed by atoms with Crippen LogP contribution in [0.3, 0.4) is 0 Å². The predicted octanol–water partition coefficient (Wildman–Crippen LogP) is 7.22. The van der Waals surface area contributed by atoms with Crippen molar-refractivity contribution in [2.45, 2.75) is 127 Å². The summed E-state index contributed by atoms with van der Waals surface area (Å²) in [6.45, 7) is 11.3. The second kappa shape index (κ2) is 22.9. The number of hydrogen-bond acceptors (Lipinski definition) is 10. The van der Waals surface area contributed by atoms with Crippen molar-refractivity contribution in [1.82, 2.24) is 0 Å². The van der Waals surface area contributed by atoms with E-state index in [1.54, 1.807) is 0 Å². The van der Waals surface area contributed by atoms with Gasteiger partial charge in [0.15, 0.2) is 24.5 Å². The minimum absolute atomic E-state index is 0.0917. The lowest BCUT2D eigenvalue weighted by molar-refractivity contribution is -2.00. The van der Waals surface area contributed by atoms with Crippen molar-refractivity contribution in [3.63, 3.8) is 0 Å². The summed E-state index contributed by atoms with van der Waals surface area (Å²) in [5.41, 5.74) is 19.2. The molecule has 0 atom stereocenters. The van der Waals surface area contributed by atoms with Gasteiger partial charge in [0.2, 0.25) is 11.4 Å². The molecule has 7 aromatic carbocycles. The minimum atomic E-state index is -4.94. The van der Waals surface area contributed by atoms with Gasteiger partial charge in [0.25, 0.3) is 0 Å². The Kier molecular flexibility index (Phi) is 16.1. The van der Waals surface area contributed by atoms with Crippen LogP contribution in [0.2, 0.25) is 0 Å². The fraction of sp³-hybridized carbons (Fsp3) is 0.314. The Morgan fingerprint density at radius 2 is 0.750 bits per heavy atom. The lowest BCUT2D eigenvalue weighted by Crippen LogP contribution is -2.68. The number of benzene rings is 7. The standard InChI is InChI=1S/C70H72N4.2ClHO4/c1-67(2)57-41-39-51-23-9-11-25-53(51)65(57)73(61(67)31-21-33-63-69(43-17-7-18-44-69)55-27-13-15-29-59(55)71(63)5)47-49-35-37-50(38-36-49)48-74-62(68(3,4)58-42-40-52-24-10-12-26-54(52)66(58)74)32-22-34-64-70(45-19-8-20-46-70)56-28-14-16-30-60(56)72(64)6;2*2-1(3,4)5/h9-16,21-42H,7-8,17-20,43-48H2,1-6H3;2*(H,2,3,4,5)/q+2;;/p-2. The van der Waals surface area contributed by atoms with Crippen LogP contribution in [0.5, 0.6) is 0 Å². The third kappa shape index (κ3) is 11.1. The van der Waals surface area contributed by atoms with E-state index in [4.69, 9.17) is 37.3 Å². The van der Waals surface area contributed by atoms with Crippen LogP contribution in [-0.4, -0.2) is 34.7 Å². The number of anilines is 2. The molecule has 0 N–H and O–H groups in total. The van der Waals surface area contributed by atoms with E-state index in [9.17, 15) is 0 Å². The number of likely N-dealkylation sites (N-methyl/N-ethyl adjacent to an activating group) is 2. The first-order valence-electron chi connectivity index (χ1n) is 29.1. The Balaban J connectivity index is 0.000000682. The fourth-order valence-electron chi connectivity index (χ4n) is 15.2. The zero-order valence-corrected chi connectivity index (χ0v) is 50.1. The van der Waals surface area contributed by atoms with E-state index in [1.165, 1.54) is 165 Å². The topological polar surface area (TPSA) is 197 Å². The van der Waals surface area contributed by atoms with E-state index in [2.05, 4.69) is 243 Å². The summed E-state index contributed by atoms with van der Waals surface area (Å²) >= 11 is 0. The minimum Gasteiger partial charge on any atom is -0.347 e. The molecule has 84 heavy (non-hydrogen) atoms. The SMILES string of the molecule is CN1/C(=C/C=C/C2=[N+](Cc3ccc(C[N+]4=C(/C=C/C=C5/N(C)c6ccccc6C56CCCCC6)C(C)(C)c5ccc6ccccc6c54)cc3)c3c(ccc4ccccc34)C2(C)C)C2(CCCCC2)c2ccccc21.[O-][Cl+3]([O-])([O-])[O-].[O-][Cl+3]([O-])([O-])[O-]. The van der Waals surface area contributed by atoms with Gasteiger partial charge in [-0.05, 0) is 112 Å². The maximum Gasteiger partial charge on any atom is 0.217 e. The van der Waals surface area contributed by atoms with Crippen molar-refractivity contribution in [2.24, 2.45) is 0 Å². The average molecular weight is 1170 g/mol. The van der Waals surface area contributed by atoms with E-state index in [1.807, 2.05) is 0 Å². The first-order chi connectivity index (χ1) is 40.0. The quantitative estimate of drug-likeness (QED) is 0.140. The number of fused-ring (bicyclic) bond motifs is 10. The number of hydrogen-bond donors (Lipinski definition) is 0. The van der Waals surface area contributed by atoms with Crippen LogP contribution in [-0.2, 0) is 34.7 Å². The molecule has 2 aliphatic carbocycles. The number of nitrogens with zero attached hydrogens (tertiary/aromatic N) is 4. The molecular weight excluding hydrogens is 1100 g/mol. The molecular formula is C70H72Cl2N4O8. The maximum atomic E-state index is 8.49. The second-order valence-corrected chi connectivity index (χ2v) is 25.9. The lowest BCUT2D eigenvalue weighted by atomic mass is 9.68. The number of para-hydroxylation sites is 2. The molecule has 12 nitrogen and oxygen atoms in total. The Bertz CT molecular complexity index is 3590. The average Bonchev–Trinajstić information content (AvgIpc) is 2.04. The lowest BCUT2D eigenvalue weighted by Gasteiger charge is -2.36. The van der Waals surface area contributed by atoms with Crippen LogP contribution in [0, 0.1) is 20.5 Å². The first kappa shape index (κ1) is 59.0. The third-order valence-electron chi connectivity index (χ3n) is 19.0. The molecule has 7 aromatic rings. The molecule has 0 bridgehead atoms. The first-order valence-corrected chi connectivity index (χ1v) is 31.6. The van der Waals surface area contributed by atoms with Crippen molar-refractivity contribution in [3.8, 4) is 0 Å². The Morgan fingerprint density at radius 3 is 1.12 bits per heavy atom. The largest absolute Gasteiger partial charge is 0.347 e. The molecule has 4 heterocycles. The molecule has 0 radical (unpaired) electrons. The fourth-order valence-corrected chi connectivity index (χ4v) is 15.2. The summed E-state index contributed by atoms with van der Waals surface area (Å²) in [5.74, 6) is 0. The summed E-state index contributed by atoms with van der Waals surface area (Å²) < 4.78 is 73.2. The van der Waals surface area contributed by atoms with Gasteiger partial charge in [-0.25, -0.2) is 37.3 Å².